The number of rotatable bonds is 5. The molecule has 144 valence electrons. The van der Waals surface area contributed by atoms with Crippen LogP contribution in [-0.4, -0.2) is 33.5 Å². The van der Waals surface area contributed by atoms with Crippen molar-refractivity contribution in [2.75, 3.05) is 5.75 Å². The normalized spacial score (nSPS) is 14.7. The Balaban J connectivity index is 1.50. The van der Waals surface area contributed by atoms with Gasteiger partial charge in [-0.1, -0.05) is 42.4 Å². The van der Waals surface area contributed by atoms with Gasteiger partial charge in [0.1, 0.15) is 5.82 Å². The van der Waals surface area contributed by atoms with Crippen LogP contribution in [0.25, 0.3) is 5.69 Å². The van der Waals surface area contributed by atoms with Gasteiger partial charge < -0.3 is 5.32 Å². The van der Waals surface area contributed by atoms with Crippen LogP contribution < -0.4 is 10.6 Å². The lowest BCUT2D eigenvalue weighted by Crippen LogP contribution is -2.45. The van der Waals surface area contributed by atoms with E-state index in [1.807, 2.05) is 0 Å². The van der Waals surface area contributed by atoms with Gasteiger partial charge in [0.2, 0.25) is 5.91 Å². The number of thioether (sulfide) groups is 1. The second-order valence-corrected chi connectivity index (χ2v) is 9.01. The quantitative estimate of drug-likeness (QED) is 0.557. The van der Waals surface area contributed by atoms with Crippen LogP contribution in [0.2, 0.25) is 0 Å². The van der Waals surface area contributed by atoms with E-state index < -0.39 is 6.03 Å². The highest BCUT2D eigenvalue weighted by Gasteiger charge is 2.17. The SMILES string of the molecule is O=C(CSc1nn(-c2ccc(F)cc2)c(=S)s1)NC(=O)NC1CCCCC1. The molecule has 0 radical (unpaired) electrons. The molecule has 1 aliphatic carbocycles. The van der Waals surface area contributed by atoms with Gasteiger partial charge in [-0.3, -0.25) is 10.1 Å². The van der Waals surface area contributed by atoms with Gasteiger partial charge in [0.25, 0.3) is 0 Å². The Kier molecular flexibility index (Phi) is 6.97. The molecular weight excluding hydrogens is 407 g/mol. The molecule has 0 bridgehead atoms. The smallest absolute Gasteiger partial charge is 0.321 e. The number of hydrogen-bond acceptors (Lipinski definition) is 6. The predicted octanol–water partition coefficient (Wildman–Crippen LogP) is 4.05. The monoisotopic (exact) mass is 426 g/mol. The third-order valence-electron chi connectivity index (χ3n) is 4.12. The van der Waals surface area contributed by atoms with E-state index in [1.54, 1.807) is 12.1 Å². The molecule has 0 saturated heterocycles. The van der Waals surface area contributed by atoms with Gasteiger partial charge in [0.05, 0.1) is 11.4 Å². The fourth-order valence-corrected chi connectivity index (χ4v) is 4.98. The number of carbonyl (C=O) groups is 2. The van der Waals surface area contributed by atoms with E-state index in [0.717, 1.165) is 25.7 Å². The van der Waals surface area contributed by atoms with Gasteiger partial charge in [-0.2, -0.15) is 0 Å². The standard InChI is InChI=1S/C17H19FN4O2S3/c18-11-6-8-13(9-7-11)22-17(25)27-16(21-22)26-10-14(23)20-15(24)19-12-4-2-1-3-5-12/h6-9,12H,1-5,10H2,(H2,19,20,23,24). The summed E-state index contributed by atoms with van der Waals surface area (Å²) in [6, 6.07) is 5.54. The molecule has 1 aliphatic rings. The van der Waals surface area contributed by atoms with Gasteiger partial charge >= 0.3 is 6.03 Å². The summed E-state index contributed by atoms with van der Waals surface area (Å²) < 4.78 is 15.7. The number of hydrogen-bond donors (Lipinski definition) is 2. The molecule has 1 heterocycles. The highest BCUT2D eigenvalue weighted by Crippen LogP contribution is 2.24. The lowest BCUT2D eigenvalue weighted by molar-refractivity contribution is -0.117. The first kappa shape index (κ1) is 20.0. The molecule has 1 aromatic carbocycles. The minimum absolute atomic E-state index is 0.0593. The highest BCUT2D eigenvalue weighted by atomic mass is 32.2. The zero-order valence-electron chi connectivity index (χ0n) is 14.4. The summed E-state index contributed by atoms with van der Waals surface area (Å²) in [5, 5.41) is 9.54. The minimum Gasteiger partial charge on any atom is -0.335 e. The molecule has 2 N–H and O–H groups in total. The van der Waals surface area contributed by atoms with Crippen molar-refractivity contribution in [3.05, 3.63) is 34.0 Å². The topological polar surface area (TPSA) is 76.0 Å². The largest absolute Gasteiger partial charge is 0.335 e. The van der Waals surface area contributed by atoms with E-state index in [0.29, 0.717) is 14.0 Å². The Hall–Kier alpha value is -1.78. The van der Waals surface area contributed by atoms with Crippen molar-refractivity contribution in [1.82, 2.24) is 20.4 Å². The van der Waals surface area contributed by atoms with Crippen LogP contribution in [0.5, 0.6) is 0 Å². The summed E-state index contributed by atoms with van der Waals surface area (Å²) in [7, 11) is 0. The number of nitrogens with one attached hydrogen (secondary N) is 2. The van der Waals surface area contributed by atoms with Gasteiger partial charge in [-0.25, -0.2) is 13.9 Å². The maximum Gasteiger partial charge on any atom is 0.321 e. The van der Waals surface area contributed by atoms with Crippen LogP contribution in [0.15, 0.2) is 28.6 Å². The minimum atomic E-state index is -0.447. The van der Waals surface area contributed by atoms with E-state index in [2.05, 4.69) is 15.7 Å². The fraction of sp³-hybridized carbons (Fsp3) is 0.412. The zero-order chi connectivity index (χ0) is 19.2. The molecule has 0 aliphatic heterocycles. The molecule has 3 rings (SSSR count). The Morgan fingerprint density at radius 3 is 2.67 bits per heavy atom. The Bertz CT molecular complexity index is 860. The van der Waals surface area contributed by atoms with E-state index in [1.165, 1.54) is 46.3 Å². The molecule has 0 unspecified atom stereocenters. The van der Waals surface area contributed by atoms with Crippen molar-refractivity contribution in [3.8, 4) is 5.69 Å². The molecule has 1 fully saturated rings. The third kappa shape index (κ3) is 5.85. The van der Waals surface area contributed by atoms with Gasteiger partial charge in [-0.15, -0.1) is 5.10 Å². The summed E-state index contributed by atoms with van der Waals surface area (Å²) in [5.74, 6) is -0.662. The first-order valence-corrected chi connectivity index (χ1v) is 10.8. The Morgan fingerprint density at radius 2 is 1.96 bits per heavy atom. The summed E-state index contributed by atoms with van der Waals surface area (Å²) in [6.45, 7) is 0. The average Bonchev–Trinajstić information content (AvgIpc) is 3.02. The van der Waals surface area contributed by atoms with E-state index >= 15 is 0 Å². The van der Waals surface area contributed by atoms with Gasteiger partial charge in [0.15, 0.2) is 8.29 Å². The van der Waals surface area contributed by atoms with Crippen molar-refractivity contribution in [1.29, 1.82) is 0 Å². The van der Waals surface area contributed by atoms with Crippen LogP contribution in [0, 0.1) is 9.77 Å². The van der Waals surface area contributed by atoms with Crippen LogP contribution in [0.4, 0.5) is 9.18 Å². The van der Waals surface area contributed by atoms with Crippen molar-refractivity contribution < 1.29 is 14.0 Å². The molecule has 1 aromatic heterocycles. The summed E-state index contributed by atoms with van der Waals surface area (Å²) in [5.41, 5.74) is 0.654. The molecule has 3 amide bonds. The predicted molar refractivity (Wildman–Crippen MR) is 107 cm³/mol. The highest BCUT2D eigenvalue weighted by molar-refractivity contribution is 8.01. The lowest BCUT2D eigenvalue weighted by atomic mass is 9.96. The van der Waals surface area contributed by atoms with Crippen LogP contribution in [0.3, 0.4) is 0 Å². The van der Waals surface area contributed by atoms with E-state index in [9.17, 15) is 14.0 Å². The third-order valence-corrected chi connectivity index (χ3v) is 6.49. The molecule has 0 atom stereocenters. The number of imide groups is 1. The second kappa shape index (κ2) is 9.43. The maximum absolute atomic E-state index is 13.0. The first-order chi connectivity index (χ1) is 13.0. The van der Waals surface area contributed by atoms with Gasteiger partial charge in [0, 0.05) is 6.04 Å². The van der Waals surface area contributed by atoms with Crippen LogP contribution >= 0.6 is 35.3 Å². The first-order valence-electron chi connectivity index (χ1n) is 8.60. The summed E-state index contributed by atoms with van der Waals surface area (Å²) in [6.07, 6.45) is 5.33. The number of benzene rings is 1. The number of halogens is 1. The number of nitrogens with zero attached hydrogens (tertiary/aromatic N) is 2. The molecule has 2 aromatic rings. The van der Waals surface area contributed by atoms with Crippen LogP contribution in [-0.2, 0) is 4.79 Å². The molecular formula is C17H19FN4O2S3. The van der Waals surface area contributed by atoms with Crippen molar-refractivity contribution in [2.45, 2.75) is 42.5 Å². The van der Waals surface area contributed by atoms with Crippen molar-refractivity contribution in [2.24, 2.45) is 0 Å². The Labute approximate surface area is 169 Å². The van der Waals surface area contributed by atoms with E-state index in [4.69, 9.17) is 12.2 Å². The number of aromatic nitrogens is 2. The Morgan fingerprint density at radius 1 is 1.26 bits per heavy atom. The van der Waals surface area contributed by atoms with Crippen LogP contribution in [0.1, 0.15) is 32.1 Å². The van der Waals surface area contributed by atoms with Gasteiger partial charge in [-0.05, 0) is 49.3 Å². The lowest BCUT2D eigenvalue weighted by Gasteiger charge is -2.22. The second-order valence-electron chi connectivity index (χ2n) is 6.17. The average molecular weight is 427 g/mol. The molecule has 10 heteroatoms. The molecule has 6 nitrogen and oxygen atoms in total. The maximum atomic E-state index is 13.0. The van der Waals surface area contributed by atoms with E-state index in [-0.39, 0.29) is 23.5 Å². The molecule has 27 heavy (non-hydrogen) atoms. The number of urea groups is 1. The summed E-state index contributed by atoms with van der Waals surface area (Å²) >= 11 is 7.74. The fourth-order valence-electron chi connectivity index (χ4n) is 2.82. The number of carbonyl (C=O) groups excluding carboxylic acids is 2. The molecule has 0 spiro atoms. The zero-order valence-corrected chi connectivity index (χ0v) is 16.9. The molecule has 1 saturated carbocycles. The van der Waals surface area contributed by atoms with Crippen molar-refractivity contribution >= 4 is 47.3 Å². The number of amides is 3. The summed E-state index contributed by atoms with van der Waals surface area (Å²) in [4.78, 5) is 23.9. The van der Waals surface area contributed by atoms with Crippen molar-refractivity contribution in [3.63, 3.8) is 0 Å².